The van der Waals surface area contributed by atoms with Crippen LogP contribution in [0.2, 0.25) is 0 Å². The lowest BCUT2D eigenvalue weighted by Crippen LogP contribution is -2.22. The number of fused-ring (bicyclic) bond motifs is 1. The minimum atomic E-state index is -4.93. The number of aromatic nitrogens is 1. The maximum atomic E-state index is 14.1. The third-order valence-corrected chi connectivity index (χ3v) is 4.76. The summed E-state index contributed by atoms with van der Waals surface area (Å²) in [5.41, 5.74) is -2.20. The second-order valence-corrected chi connectivity index (χ2v) is 7.11. The van der Waals surface area contributed by atoms with Gasteiger partial charge in [-0.1, -0.05) is 28.1 Å². The van der Waals surface area contributed by atoms with Gasteiger partial charge in [0.1, 0.15) is 11.4 Å². The van der Waals surface area contributed by atoms with Crippen LogP contribution in [-0.4, -0.2) is 17.1 Å². The van der Waals surface area contributed by atoms with Crippen molar-refractivity contribution < 1.29 is 27.1 Å². The summed E-state index contributed by atoms with van der Waals surface area (Å²) in [6.45, 7) is 1.61. The van der Waals surface area contributed by atoms with Crippen LogP contribution >= 0.6 is 15.9 Å². The Bertz CT molecular complexity index is 1140. The van der Waals surface area contributed by atoms with Crippen molar-refractivity contribution in [3.8, 4) is 0 Å². The number of hydrogen-bond acceptors (Lipinski definition) is 3. The summed E-state index contributed by atoms with van der Waals surface area (Å²) < 4.78 is 60.6. The van der Waals surface area contributed by atoms with Crippen LogP contribution in [0.5, 0.6) is 0 Å². The van der Waals surface area contributed by atoms with Crippen molar-refractivity contribution in [1.29, 1.82) is 0 Å². The number of pyridine rings is 1. The van der Waals surface area contributed by atoms with Crippen LogP contribution < -0.4 is 5.43 Å². The normalized spacial score (nSPS) is 11.7. The van der Waals surface area contributed by atoms with Crippen molar-refractivity contribution in [2.24, 2.45) is 0 Å². The molecule has 0 saturated heterocycles. The van der Waals surface area contributed by atoms with Crippen molar-refractivity contribution in [2.75, 3.05) is 6.61 Å². The van der Waals surface area contributed by atoms with E-state index in [0.29, 0.717) is 17.7 Å². The Balaban J connectivity index is 2.29. The molecule has 0 aliphatic carbocycles. The van der Waals surface area contributed by atoms with Gasteiger partial charge < -0.3 is 9.30 Å². The predicted molar refractivity (Wildman–Crippen MR) is 102 cm³/mol. The molecule has 3 rings (SSSR count). The highest BCUT2D eigenvalue weighted by Crippen LogP contribution is 2.33. The molecule has 0 bridgehead atoms. The molecule has 152 valence electrons. The first-order valence-corrected chi connectivity index (χ1v) is 9.26. The van der Waals surface area contributed by atoms with E-state index < -0.39 is 29.0 Å². The fourth-order valence-electron chi connectivity index (χ4n) is 2.90. The molecule has 29 heavy (non-hydrogen) atoms. The van der Waals surface area contributed by atoms with E-state index in [-0.39, 0.29) is 29.6 Å². The molecular formula is C20H14BrF4NO3. The summed E-state index contributed by atoms with van der Waals surface area (Å²) in [6.07, 6.45) is -3.79. The highest BCUT2D eigenvalue weighted by atomic mass is 79.9. The summed E-state index contributed by atoms with van der Waals surface area (Å²) in [5, 5.41) is -0.335. The first-order valence-electron chi connectivity index (χ1n) is 8.47. The van der Waals surface area contributed by atoms with E-state index in [0.717, 1.165) is 10.7 Å². The van der Waals surface area contributed by atoms with Crippen molar-refractivity contribution in [3.05, 3.63) is 79.8 Å². The summed E-state index contributed by atoms with van der Waals surface area (Å²) in [4.78, 5) is 24.8. The molecule has 0 aliphatic heterocycles. The van der Waals surface area contributed by atoms with Gasteiger partial charge in [0.15, 0.2) is 0 Å². The third-order valence-electron chi connectivity index (χ3n) is 4.24. The highest BCUT2D eigenvalue weighted by Gasteiger charge is 2.35. The molecule has 0 radical (unpaired) electrons. The molecule has 0 N–H and O–H groups in total. The number of carbonyl (C=O) groups excluding carboxylic acids is 1. The lowest BCUT2D eigenvalue weighted by Gasteiger charge is -2.16. The van der Waals surface area contributed by atoms with E-state index in [1.54, 1.807) is 31.2 Å². The number of carbonyl (C=O) groups is 1. The Labute approximate surface area is 170 Å². The number of halogens is 5. The summed E-state index contributed by atoms with van der Waals surface area (Å²) >= 11 is 3.29. The Morgan fingerprint density at radius 3 is 2.41 bits per heavy atom. The molecule has 0 spiro atoms. The van der Waals surface area contributed by atoms with Gasteiger partial charge in [0.2, 0.25) is 5.43 Å². The topological polar surface area (TPSA) is 48.3 Å². The second kappa shape index (κ2) is 7.98. The zero-order valence-electron chi connectivity index (χ0n) is 15.0. The van der Waals surface area contributed by atoms with Crippen molar-refractivity contribution in [1.82, 2.24) is 4.57 Å². The van der Waals surface area contributed by atoms with Gasteiger partial charge in [-0.15, -0.1) is 0 Å². The summed E-state index contributed by atoms with van der Waals surface area (Å²) in [7, 11) is 0. The number of hydrogen-bond donors (Lipinski definition) is 0. The average molecular weight is 472 g/mol. The molecule has 0 atom stereocenters. The molecule has 9 heteroatoms. The van der Waals surface area contributed by atoms with Gasteiger partial charge in [-0.3, -0.25) is 4.79 Å². The molecule has 0 saturated carbocycles. The zero-order valence-corrected chi connectivity index (χ0v) is 16.6. The van der Waals surface area contributed by atoms with Crippen molar-refractivity contribution in [2.45, 2.75) is 19.6 Å². The van der Waals surface area contributed by atoms with Crippen LogP contribution in [0.15, 0.2) is 51.9 Å². The fourth-order valence-corrected chi connectivity index (χ4v) is 3.16. The molecule has 0 unspecified atom stereocenters. The number of nitrogens with zero attached hydrogens (tertiary/aromatic N) is 1. The van der Waals surface area contributed by atoms with Gasteiger partial charge in [-0.05, 0) is 36.8 Å². The van der Waals surface area contributed by atoms with Gasteiger partial charge in [-0.2, -0.15) is 13.2 Å². The fraction of sp³-hybridized carbons (Fsp3) is 0.200. The van der Waals surface area contributed by atoms with Crippen molar-refractivity contribution in [3.63, 3.8) is 0 Å². The van der Waals surface area contributed by atoms with E-state index in [1.165, 1.54) is 4.57 Å². The number of esters is 1. The van der Waals surface area contributed by atoms with E-state index in [9.17, 15) is 27.2 Å². The Morgan fingerprint density at radius 2 is 1.83 bits per heavy atom. The second-order valence-electron chi connectivity index (χ2n) is 6.19. The van der Waals surface area contributed by atoms with Crippen LogP contribution in [0.4, 0.5) is 17.6 Å². The van der Waals surface area contributed by atoms with Gasteiger partial charge in [0, 0.05) is 22.6 Å². The number of benzene rings is 2. The lowest BCUT2D eigenvalue weighted by atomic mass is 10.1. The number of alkyl halides is 3. The molecule has 2 aromatic carbocycles. The minimum absolute atomic E-state index is 0.00436. The number of rotatable bonds is 4. The summed E-state index contributed by atoms with van der Waals surface area (Å²) in [6, 6.07) is 8.04. The van der Waals surface area contributed by atoms with Crippen LogP contribution in [0, 0.1) is 5.82 Å². The molecule has 4 nitrogen and oxygen atoms in total. The first kappa shape index (κ1) is 21.0. The molecule has 1 aromatic heterocycles. The number of ether oxygens (including phenoxy) is 1. The monoisotopic (exact) mass is 471 g/mol. The van der Waals surface area contributed by atoms with Crippen LogP contribution in [0.3, 0.4) is 0 Å². The molecule has 3 aromatic rings. The van der Waals surface area contributed by atoms with Crippen molar-refractivity contribution >= 4 is 32.8 Å². The van der Waals surface area contributed by atoms with E-state index in [1.807, 2.05) is 0 Å². The molecule has 0 fully saturated rings. The average Bonchev–Trinajstić information content (AvgIpc) is 2.64. The Kier molecular flexibility index (Phi) is 5.79. The maximum Gasteiger partial charge on any atom is 0.419 e. The molecule has 0 amide bonds. The zero-order chi connectivity index (χ0) is 21.3. The predicted octanol–water partition coefficient (Wildman–Crippen LogP) is 5.15. The van der Waals surface area contributed by atoms with Crippen LogP contribution in [-0.2, 0) is 17.5 Å². The minimum Gasteiger partial charge on any atom is -0.462 e. The maximum absolute atomic E-state index is 14.1. The van der Waals surface area contributed by atoms with E-state index in [2.05, 4.69) is 15.9 Å². The van der Waals surface area contributed by atoms with E-state index >= 15 is 0 Å². The lowest BCUT2D eigenvalue weighted by molar-refractivity contribution is -0.139. The molecule has 1 heterocycles. The van der Waals surface area contributed by atoms with Crippen LogP contribution in [0.1, 0.15) is 28.4 Å². The standard InChI is InChI=1S/C20H14BrF4NO3/c1-2-29-19(28)14-10-26(9-11-3-5-12(21)6-4-11)17-8-15(20(23,24)25)16(22)7-13(17)18(14)27/h3-8,10H,2,9H2,1H3. The van der Waals surface area contributed by atoms with Gasteiger partial charge in [-0.25, -0.2) is 9.18 Å². The molecule has 0 aliphatic rings. The molecular weight excluding hydrogens is 458 g/mol. The largest absolute Gasteiger partial charge is 0.462 e. The smallest absolute Gasteiger partial charge is 0.419 e. The quantitative estimate of drug-likeness (QED) is 0.390. The van der Waals surface area contributed by atoms with Crippen LogP contribution in [0.25, 0.3) is 10.9 Å². The van der Waals surface area contributed by atoms with Gasteiger partial charge >= 0.3 is 12.1 Å². The highest BCUT2D eigenvalue weighted by molar-refractivity contribution is 9.10. The van der Waals surface area contributed by atoms with E-state index in [4.69, 9.17) is 4.74 Å². The third kappa shape index (κ3) is 4.34. The Hall–Kier alpha value is -2.68. The first-order chi connectivity index (χ1) is 13.6. The Morgan fingerprint density at radius 1 is 1.17 bits per heavy atom. The summed E-state index contributed by atoms with van der Waals surface area (Å²) in [5.74, 6) is -2.51. The van der Waals surface area contributed by atoms with Gasteiger partial charge in [0.05, 0.1) is 17.7 Å². The van der Waals surface area contributed by atoms with Gasteiger partial charge in [0.25, 0.3) is 0 Å². The SMILES string of the molecule is CCOC(=O)c1cn(Cc2ccc(Br)cc2)c2cc(C(F)(F)F)c(F)cc2c1=O.